The molecule has 40 heavy (non-hydrogen) atoms. The van der Waals surface area contributed by atoms with Crippen LogP contribution in [0.2, 0.25) is 0 Å². The Bertz CT molecular complexity index is 1500. The first-order valence-electron chi connectivity index (χ1n) is 12.5. The Hall–Kier alpha value is -4.87. The summed E-state index contributed by atoms with van der Waals surface area (Å²) in [5.41, 5.74) is 5.17. The third kappa shape index (κ3) is 7.82. The topological polar surface area (TPSA) is 164 Å². The molecule has 2 aromatic heterocycles. The third-order valence-electron chi connectivity index (χ3n) is 5.70. The number of alkyl carbamates (subject to hydrolysis) is 1. The number of para-hydroxylation sites is 1. The van der Waals surface area contributed by atoms with Crippen molar-refractivity contribution in [3.8, 4) is 0 Å². The normalized spacial score (nSPS) is 12.2. The first-order chi connectivity index (χ1) is 18.9. The van der Waals surface area contributed by atoms with Crippen LogP contribution < -0.4 is 21.9 Å². The number of amides is 3. The molecule has 12 nitrogen and oxygen atoms in total. The molecule has 3 rings (SSSR count). The molecule has 4 N–H and O–H groups in total. The summed E-state index contributed by atoms with van der Waals surface area (Å²) in [5.74, 6) is -1.28. The smallest absolute Gasteiger partial charge is 0.419 e. The third-order valence-corrected chi connectivity index (χ3v) is 5.70. The molecule has 0 fully saturated rings. The molecule has 0 spiro atoms. The number of nitrogens with two attached hydrogens (primary N) is 1. The van der Waals surface area contributed by atoms with Gasteiger partial charge in [0.05, 0.1) is 19.2 Å². The van der Waals surface area contributed by atoms with E-state index in [4.69, 9.17) is 10.5 Å². The zero-order chi connectivity index (χ0) is 29.4. The lowest BCUT2D eigenvalue weighted by molar-refractivity contribution is -0.118. The van der Waals surface area contributed by atoms with Crippen LogP contribution in [0, 0.1) is 0 Å². The first-order valence-corrected chi connectivity index (χ1v) is 12.5. The lowest BCUT2D eigenvalue weighted by atomic mass is 10.1. The van der Waals surface area contributed by atoms with Crippen molar-refractivity contribution in [3.63, 3.8) is 0 Å². The number of primary amides is 1. The summed E-state index contributed by atoms with van der Waals surface area (Å²) in [6, 6.07) is 9.26. The molecule has 212 valence electrons. The number of allylic oxidation sites excluding steroid dienone is 1. The zero-order valence-corrected chi connectivity index (χ0v) is 22.8. The van der Waals surface area contributed by atoms with Crippen LogP contribution >= 0.6 is 0 Å². The number of ether oxygens (including phenoxy) is 2. The number of methoxy groups -OCH3 is 1. The van der Waals surface area contributed by atoms with E-state index in [-0.39, 0.29) is 25.1 Å². The number of hydrogen-bond donors (Lipinski definition) is 3. The second kappa shape index (κ2) is 12.8. The lowest BCUT2D eigenvalue weighted by Crippen LogP contribution is -2.44. The minimum absolute atomic E-state index is 0.00783. The van der Waals surface area contributed by atoms with Crippen molar-refractivity contribution >= 4 is 40.6 Å². The number of nitrogens with zero attached hydrogens (tertiary/aromatic N) is 2. The molecule has 0 saturated heterocycles. The predicted molar refractivity (Wildman–Crippen MR) is 149 cm³/mol. The molecule has 1 aromatic carbocycles. The average Bonchev–Trinajstić information content (AvgIpc) is 3.32. The van der Waals surface area contributed by atoms with Gasteiger partial charge >= 0.3 is 12.2 Å². The van der Waals surface area contributed by atoms with Crippen molar-refractivity contribution in [3.05, 3.63) is 76.9 Å². The maximum atomic E-state index is 13.3. The van der Waals surface area contributed by atoms with E-state index >= 15 is 0 Å². The summed E-state index contributed by atoms with van der Waals surface area (Å²) >= 11 is 0. The highest BCUT2D eigenvalue weighted by atomic mass is 16.6. The van der Waals surface area contributed by atoms with E-state index in [9.17, 15) is 24.0 Å². The van der Waals surface area contributed by atoms with Crippen molar-refractivity contribution in [2.24, 2.45) is 5.73 Å². The van der Waals surface area contributed by atoms with Gasteiger partial charge in [-0.15, -0.1) is 0 Å². The highest BCUT2D eigenvalue weighted by molar-refractivity contribution is 5.96. The Morgan fingerprint density at radius 2 is 1.82 bits per heavy atom. The van der Waals surface area contributed by atoms with Crippen molar-refractivity contribution < 1.29 is 28.7 Å². The molecule has 0 radical (unpaired) electrons. The summed E-state index contributed by atoms with van der Waals surface area (Å²) < 4.78 is 12.9. The zero-order valence-electron chi connectivity index (χ0n) is 22.8. The van der Waals surface area contributed by atoms with E-state index in [1.54, 1.807) is 51.4 Å². The second-order valence-electron chi connectivity index (χ2n) is 9.94. The van der Waals surface area contributed by atoms with E-state index in [2.05, 4.69) is 15.4 Å². The fourth-order valence-corrected chi connectivity index (χ4v) is 3.95. The molecule has 0 aliphatic rings. The molecule has 0 aliphatic heterocycles. The van der Waals surface area contributed by atoms with E-state index in [0.29, 0.717) is 11.1 Å². The van der Waals surface area contributed by atoms with E-state index in [1.807, 2.05) is 12.1 Å². The average molecular weight is 552 g/mol. The molecule has 2 heterocycles. The Morgan fingerprint density at radius 3 is 2.50 bits per heavy atom. The Kier molecular flexibility index (Phi) is 9.49. The van der Waals surface area contributed by atoms with Crippen LogP contribution in [0.25, 0.3) is 10.9 Å². The number of pyridine rings is 1. The van der Waals surface area contributed by atoms with E-state index < -0.39 is 41.2 Å². The van der Waals surface area contributed by atoms with Crippen molar-refractivity contribution in [2.45, 2.75) is 51.8 Å². The number of fused-ring (bicyclic) bond motifs is 1. The summed E-state index contributed by atoms with van der Waals surface area (Å²) in [5, 5.41) is 5.78. The number of nitrogens with one attached hydrogen (secondary N) is 2. The van der Waals surface area contributed by atoms with Crippen LogP contribution in [0.3, 0.4) is 0 Å². The summed E-state index contributed by atoms with van der Waals surface area (Å²) in [6.07, 6.45) is 4.82. The number of carbonyl (C=O) groups is 4. The summed E-state index contributed by atoms with van der Waals surface area (Å²) in [7, 11) is 1.16. The molecule has 3 aromatic rings. The minimum Gasteiger partial charge on any atom is -0.453 e. The maximum absolute atomic E-state index is 13.3. The first kappa shape index (κ1) is 29.7. The van der Waals surface area contributed by atoms with E-state index in [1.165, 1.54) is 21.3 Å². The van der Waals surface area contributed by atoms with Gasteiger partial charge in [0.25, 0.3) is 5.56 Å². The van der Waals surface area contributed by atoms with Crippen molar-refractivity contribution in [1.29, 1.82) is 0 Å². The standard InChI is InChI=1S/C28H33N5O7/c1-28(2,3)40-27(38)33-16-14-18-9-7-10-19(23(18)33)17-32-15-8-12-21(25(32)36)30-24(35)20(31-26(37)39-4)11-5-6-13-22(29)34/h6-10,12-16,20H,5,11,17H2,1-4H3,(H2,29,34)(H,30,35)(H,31,37)/b13-6+. The van der Waals surface area contributed by atoms with Gasteiger partial charge in [-0.3, -0.25) is 19.0 Å². The van der Waals surface area contributed by atoms with Gasteiger partial charge in [0, 0.05) is 17.8 Å². The Labute approximate surface area is 230 Å². The number of benzene rings is 1. The summed E-state index contributed by atoms with van der Waals surface area (Å²) in [6.45, 7) is 5.44. The monoisotopic (exact) mass is 551 g/mol. The lowest BCUT2D eigenvalue weighted by Gasteiger charge is -2.20. The molecule has 1 atom stereocenters. The van der Waals surface area contributed by atoms with Crippen LogP contribution in [-0.4, -0.2) is 51.9 Å². The summed E-state index contributed by atoms with van der Waals surface area (Å²) in [4.78, 5) is 61.8. The molecular weight excluding hydrogens is 518 g/mol. The number of aromatic nitrogens is 2. The van der Waals surface area contributed by atoms with Gasteiger partial charge in [0.1, 0.15) is 17.3 Å². The van der Waals surface area contributed by atoms with Gasteiger partial charge in [-0.05, 0) is 63.5 Å². The highest BCUT2D eigenvalue weighted by Gasteiger charge is 2.23. The second-order valence-corrected chi connectivity index (χ2v) is 9.94. The van der Waals surface area contributed by atoms with Crippen LogP contribution in [0.1, 0.15) is 39.2 Å². The number of carbonyl (C=O) groups excluding carboxylic acids is 4. The molecule has 0 saturated carbocycles. The fourth-order valence-electron chi connectivity index (χ4n) is 3.95. The molecule has 12 heteroatoms. The molecular formula is C28H33N5O7. The maximum Gasteiger partial charge on any atom is 0.419 e. The number of anilines is 1. The molecule has 0 aliphatic carbocycles. The molecule has 3 amide bonds. The fraction of sp³-hybridized carbons (Fsp3) is 0.321. The van der Waals surface area contributed by atoms with Gasteiger partial charge in [0.2, 0.25) is 11.8 Å². The van der Waals surface area contributed by atoms with Gasteiger partial charge in [0.15, 0.2) is 0 Å². The van der Waals surface area contributed by atoms with Crippen LogP contribution in [-0.2, 0) is 25.6 Å². The Morgan fingerprint density at radius 1 is 1.07 bits per heavy atom. The predicted octanol–water partition coefficient (Wildman–Crippen LogP) is 3.12. The van der Waals surface area contributed by atoms with Crippen LogP contribution in [0.5, 0.6) is 0 Å². The quantitative estimate of drug-likeness (QED) is 0.344. The van der Waals surface area contributed by atoms with Crippen molar-refractivity contribution in [1.82, 2.24) is 14.5 Å². The SMILES string of the molecule is COC(=O)NC(CC/C=C/C(N)=O)C(=O)Nc1cccn(Cc2cccc3ccn(C(=O)OC(C)(C)C)c23)c1=O. The number of rotatable bonds is 9. The number of hydrogen-bond acceptors (Lipinski definition) is 7. The largest absolute Gasteiger partial charge is 0.453 e. The van der Waals surface area contributed by atoms with E-state index in [0.717, 1.165) is 18.6 Å². The molecule has 1 unspecified atom stereocenters. The van der Waals surface area contributed by atoms with Gasteiger partial charge in [-0.2, -0.15) is 0 Å². The highest BCUT2D eigenvalue weighted by Crippen LogP contribution is 2.23. The van der Waals surface area contributed by atoms with Crippen molar-refractivity contribution in [2.75, 3.05) is 12.4 Å². The van der Waals surface area contributed by atoms with Crippen LogP contribution in [0.4, 0.5) is 15.3 Å². The molecule has 0 bridgehead atoms. The van der Waals surface area contributed by atoms with Gasteiger partial charge in [-0.25, -0.2) is 9.59 Å². The Balaban J connectivity index is 1.86. The van der Waals surface area contributed by atoms with Gasteiger partial charge < -0.3 is 30.4 Å². The van der Waals surface area contributed by atoms with Gasteiger partial charge in [-0.1, -0.05) is 24.3 Å². The minimum atomic E-state index is -1.05. The van der Waals surface area contributed by atoms with Crippen LogP contribution in [0.15, 0.2) is 65.7 Å².